The number of benzene rings is 2. The van der Waals surface area contributed by atoms with E-state index in [-0.39, 0.29) is 0 Å². The molecule has 0 unspecified atom stereocenters. The van der Waals surface area contributed by atoms with Crippen LogP contribution < -0.4 is 14.8 Å². The van der Waals surface area contributed by atoms with Crippen molar-refractivity contribution in [1.29, 1.82) is 0 Å². The van der Waals surface area contributed by atoms with Crippen molar-refractivity contribution < 1.29 is 23.8 Å². The summed E-state index contributed by atoms with van der Waals surface area (Å²) in [5.74, 6) is 0.320. The van der Waals surface area contributed by atoms with Crippen molar-refractivity contribution >= 4 is 23.6 Å². The smallest absolute Gasteiger partial charge is 0.331 e. The second-order valence-corrected chi connectivity index (χ2v) is 5.41. The van der Waals surface area contributed by atoms with Gasteiger partial charge in [-0.15, -0.1) is 0 Å². The number of methoxy groups -OCH3 is 2. The zero-order valence-corrected chi connectivity index (χ0v) is 14.9. The highest BCUT2D eigenvalue weighted by atomic mass is 16.5. The van der Waals surface area contributed by atoms with E-state index in [1.165, 1.54) is 13.0 Å². The Labute approximate surface area is 152 Å². The Morgan fingerprint density at radius 2 is 1.69 bits per heavy atom. The Balaban J connectivity index is 1.88. The molecular weight excluding hydrogens is 334 g/mol. The molecule has 0 aliphatic heterocycles. The summed E-state index contributed by atoms with van der Waals surface area (Å²) in [6.07, 6.45) is 1.94. The van der Waals surface area contributed by atoms with Crippen LogP contribution in [0.25, 0.3) is 6.08 Å². The fourth-order valence-corrected chi connectivity index (χ4v) is 2.09. The van der Waals surface area contributed by atoms with Gasteiger partial charge in [0, 0.05) is 17.8 Å². The Morgan fingerprint density at radius 1 is 1.00 bits per heavy atom. The van der Waals surface area contributed by atoms with Gasteiger partial charge in [-0.1, -0.05) is 18.2 Å². The summed E-state index contributed by atoms with van der Waals surface area (Å²) in [4.78, 5) is 24.0. The Morgan fingerprint density at radius 3 is 2.35 bits per heavy atom. The van der Waals surface area contributed by atoms with Crippen LogP contribution >= 0.6 is 0 Å². The second kappa shape index (κ2) is 9.27. The normalized spacial score (nSPS) is 11.7. The highest BCUT2D eigenvalue weighted by Crippen LogP contribution is 2.17. The predicted octanol–water partition coefficient (Wildman–Crippen LogP) is 3.29. The lowest BCUT2D eigenvalue weighted by Crippen LogP contribution is -2.29. The third-order valence-corrected chi connectivity index (χ3v) is 3.53. The van der Waals surface area contributed by atoms with Crippen molar-refractivity contribution in [2.45, 2.75) is 13.0 Å². The third-order valence-electron chi connectivity index (χ3n) is 3.53. The molecule has 26 heavy (non-hydrogen) atoms. The van der Waals surface area contributed by atoms with E-state index >= 15 is 0 Å². The number of hydrogen-bond acceptors (Lipinski definition) is 5. The minimum atomic E-state index is -0.936. The molecule has 0 heterocycles. The zero-order chi connectivity index (χ0) is 18.9. The van der Waals surface area contributed by atoms with Gasteiger partial charge in [-0.3, -0.25) is 4.79 Å². The molecule has 6 nitrogen and oxygen atoms in total. The molecule has 0 aromatic heterocycles. The maximum atomic E-state index is 12.1. The van der Waals surface area contributed by atoms with Crippen molar-refractivity contribution in [3.05, 3.63) is 60.2 Å². The average Bonchev–Trinajstić information content (AvgIpc) is 2.66. The van der Waals surface area contributed by atoms with Gasteiger partial charge in [0.2, 0.25) is 0 Å². The fraction of sp³-hybridized carbons (Fsp3) is 0.200. The molecule has 1 N–H and O–H groups in total. The van der Waals surface area contributed by atoms with Crippen LogP contribution in [0, 0.1) is 0 Å². The van der Waals surface area contributed by atoms with E-state index in [0.717, 1.165) is 11.3 Å². The van der Waals surface area contributed by atoms with E-state index in [9.17, 15) is 9.59 Å². The minimum Gasteiger partial charge on any atom is -0.497 e. The van der Waals surface area contributed by atoms with Crippen LogP contribution in [0.15, 0.2) is 54.6 Å². The van der Waals surface area contributed by atoms with Gasteiger partial charge in [0.15, 0.2) is 6.10 Å². The molecule has 0 spiro atoms. The Bertz CT molecular complexity index is 783. The Hall–Kier alpha value is -3.28. The fourth-order valence-electron chi connectivity index (χ4n) is 2.09. The quantitative estimate of drug-likeness (QED) is 0.609. The molecule has 0 aliphatic carbocycles. The number of esters is 1. The lowest BCUT2D eigenvalue weighted by molar-refractivity contribution is -0.148. The first kappa shape index (κ1) is 19.1. The molecule has 0 saturated heterocycles. The monoisotopic (exact) mass is 355 g/mol. The molecule has 0 aliphatic rings. The molecule has 136 valence electrons. The zero-order valence-electron chi connectivity index (χ0n) is 14.9. The summed E-state index contributed by atoms with van der Waals surface area (Å²) in [5.41, 5.74) is 1.38. The summed E-state index contributed by atoms with van der Waals surface area (Å²) in [7, 11) is 3.13. The van der Waals surface area contributed by atoms with Crippen LogP contribution in [0.5, 0.6) is 11.5 Å². The van der Waals surface area contributed by atoms with Gasteiger partial charge in [0.25, 0.3) is 5.91 Å². The lowest BCUT2D eigenvalue weighted by atomic mass is 10.2. The molecule has 2 aromatic carbocycles. The molecule has 6 heteroatoms. The lowest BCUT2D eigenvalue weighted by Gasteiger charge is -2.13. The van der Waals surface area contributed by atoms with Gasteiger partial charge in [0.1, 0.15) is 11.5 Å². The topological polar surface area (TPSA) is 73.9 Å². The number of carbonyl (C=O) groups excluding carboxylic acids is 2. The van der Waals surface area contributed by atoms with Gasteiger partial charge in [-0.25, -0.2) is 4.79 Å². The molecule has 0 radical (unpaired) electrons. The van der Waals surface area contributed by atoms with Gasteiger partial charge in [0.05, 0.1) is 14.2 Å². The van der Waals surface area contributed by atoms with E-state index in [2.05, 4.69) is 5.32 Å². The first-order valence-corrected chi connectivity index (χ1v) is 7.99. The molecule has 0 fully saturated rings. The molecule has 1 amide bonds. The number of anilines is 1. The number of hydrogen-bond donors (Lipinski definition) is 1. The minimum absolute atomic E-state index is 0.426. The summed E-state index contributed by atoms with van der Waals surface area (Å²) in [6.45, 7) is 1.51. The first-order valence-electron chi connectivity index (χ1n) is 7.99. The molecule has 1 atom stereocenters. The van der Waals surface area contributed by atoms with Crippen LogP contribution in [-0.2, 0) is 14.3 Å². The van der Waals surface area contributed by atoms with Gasteiger partial charge < -0.3 is 19.5 Å². The largest absolute Gasteiger partial charge is 0.497 e. The highest BCUT2D eigenvalue weighted by molar-refractivity contribution is 5.96. The van der Waals surface area contributed by atoms with E-state index < -0.39 is 18.0 Å². The second-order valence-electron chi connectivity index (χ2n) is 5.41. The predicted molar refractivity (Wildman–Crippen MR) is 99.2 cm³/mol. The van der Waals surface area contributed by atoms with Crippen LogP contribution in [-0.4, -0.2) is 32.2 Å². The van der Waals surface area contributed by atoms with Crippen molar-refractivity contribution in [3.63, 3.8) is 0 Å². The number of carbonyl (C=O) groups is 2. The van der Waals surface area contributed by atoms with Gasteiger partial charge >= 0.3 is 5.97 Å². The van der Waals surface area contributed by atoms with E-state index in [4.69, 9.17) is 14.2 Å². The van der Waals surface area contributed by atoms with Gasteiger partial charge in [-0.05, 0) is 42.8 Å². The number of amides is 1. The molecular formula is C20H21NO5. The number of nitrogens with one attached hydrogen (secondary N) is 1. The molecule has 0 bridgehead atoms. The SMILES string of the molecule is COc1ccc(/C=C/C(=O)O[C@H](C)C(=O)Nc2cccc(OC)c2)cc1. The van der Waals surface area contributed by atoms with Crippen molar-refractivity contribution in [2.75, 3.05) is 19.5 Å². The summed E-state index contributed by atoms with van der Waals surface area (Å²) >= 11 is 0. The molecule has 2 rings (SSSR count). The number of ether oxygens (including phenoxy) is 3. The summed E-state index contributed by atoms with van der Waals surface area (Å²) in [6, 6.07) is 14.1. The maximum Gasteiger partial charge on any atom is 0.331 e. The molecule has 0 saturated carbocycles. The van der Waals surface area contributed by atoms with E-state index in [1.54, 1.807) is 56.7 Å². The van der Waals surface area contributed by atoms with Crippen molar-refractivity contribution in [2.24, 2.45) is 0 Å². The van der Waals surface area contributed by atoms with Crippen LogP contribution in [0.4, 0.5) is 5.69 Å². The Kier molecular flexibility index (Phi) is 6.79. The van der Waals surface area contributed by atoms with Crippen molar-refractivity contribution in [3.8, 4) is 11.5 Å². The average molecular weight is 355 g/mol. The highest BCUT2D eigenvalue weighted by Gasteiger charge is 2.16. The number of rotatable bonds is 7. The van der Waals surface area contributed by atoms with Crippen LogP contribution in [0.2, 0.25) is 0 Å². The van der Waals surface area contributed by atoms with Crippen molar-refractivity contribution in [1.82, 2.24) is 0 Å². The first-order chi connectivity index (χ1) is 12.5. The van der Waals surface area contributed by atoms with E-state index in [0.29, 0.717) is 11.4 Å². The van der Waals surface area contributed by atoms with Crippen LogP contribution in [0.3, 0.4) is 0 Å². The van der Waals surface area contributed by atoms with E-state index in [1.807, 2.05) is 12.1 Å². The van der Waals surface area contributed by atoms with Crippen LogP contribution in [0.1, 0.15) is 12.5 Å². The maximum absolute atomic E-state index is 12.1. The van der Waals surface area contributed by atoms with Gasteiger partial charge in [-0.2, -0.15) is 0 Å². The summed E-state index contributed by atoms with van der Waals surface area (Å²) < 4.78 is 15.3. The standard InChI is InChI=1S/C20H21NO5/c1-14(20(23)21-16-5-4-6-18(13-16)25-3)26-19(22)12-9-15-7-10-17(24-2)11-8-15/h4-14H,1-3H3,(H,21,23)/b12-9+/t14-/m1/s1. The molecule has 2 aromatic rings. The summed E-state index contributed by atoms with van der Waals surface area (Å²) in [5, 5.41) is 2.67. The third kappa shape index (κ3) is 5.66.